The summed E-state index contributed by atoms with van der Waals surface area (Å²) in [6.07, 6.45) is 0. The molecule has 2 aliphatic heterocycles. The quantitative estimate of drug-likeness (QED) is 0.489. The summed E-state index contributed by atoms with van der Waals surface area (Å²) >= 11 is 0. The molecule has 0 unspecified atom stereocenters. The molecule has 2 atom stereocenters. The Labute approximate surface area is 219 Å². The van der Waals surface area contributed by atoms with Gasteiger partial charge in [0.2, 0.25) is 5.91 Å². The lowest BCUT2D eigenvalue weighted by Gasteiger charge is -2.44. The van der Waals surface area contributed by atoms with Gasteiger partial charge in [-0.25, -0.2) is 0 Å². The third kappa shape index (κ3) is 5.31. The third-order valence-electron chi connectivity index (χ3n) is 7.59. The Morgan fingerprint density at radius 1 is 0.892 bits per heavy atom. The first-order valence-corrected chi connectivity index (χ1v) is 13.1. The summed E-state index contributed by atoms with van der Waals surface area (Å²) in [6, 6.07) is 25.8. The SMILES string of the molecule is COCCN1C(=O)c2ccccc2[C@H](C(=O)N2CCN(Cc3ccc(C)cc3)CC2)[C@H]1c1ccccc1. The van der Waals surface area contributed by atoms with Crippen molar-refractivity contribution >= 4 is 11.8 Å². The minimum absolute atomic E-state index is 0.0477. The molecule has 192 valence electrons. The molecular weight excluding hydrogens is 462 g/mol. The second-order valence-corrected chi connectivity index (χ2v) is 10.00. The van der Waals surface area contributed by atoms with Crippen molar-refractivity contribution in [2.24, 2.45) is 0 Å². The largest absolute Gasteiger partial charge is 0.383 e. The molecule has 0 spiro atoms. The molecule has 6 nitrogen and oxygen atoms in total. The highest BCUT2D eigenvalue weighted by Crippen LogP contribution is 2.43. The standard InChI is InChI=1S/C31H35N3O3/c1-23-12-14-24(15-13-23)22-32-16-18-33(19-17-32)31(36)28-26-10-6-7-11-27(26)30(35)34(20-21-37-2)29(28)25-8-4-3-5-9-25/h3-15,28-29H,16-22H2,1-2H3/t28-,29+/m0/s1. The smallest absolute Gasteiger partial charge is 0.254 e. The first-order chi connectivity index (χ1) is 18.1. The van der Waals surface area contributed by atoms with Crippen LogP contribution in [0.1, 0.15) is 44.6 Å². The maximum Gasteiger partial charge on any atom is 0.254 e. The number of aryl methyl sites for hydroxylation is 1. The highest BCUT2D eigenvalue weighted by molar-refractivity contribution is 6.01. The monoisotopic (exact) mass is 497 g/mol. The molecule has 2 heterocycles. The van der Waals surface area contributed by atoms with E-state index in [1.165, 1.54) is 11.1 Å². The molecule has 0 bridgehead atoms. The molecule has 0 saturated carbocycles. The summed E-state index contributed by atoms with van der Waals surface area (Å²) in [5, 5.41) is 0. The fraction of sp³-hybridized carbons (Fsp3) is 0.355. The lowest BCUT2D eigenvalue weighted by molar-refractivity contribution is -0.136. The number of carbonyl (C=O) groups is 2. The van der Waals surface area contributed by atoms with Gasteiger partial charge in [0.25, 0.3) is 5.91 Å². The van der Waals surface area contributed by atoms with Crippen LogP contribution in [-0.4, -0.2) is 73.0 Å². The summed E-state index contributed by atoms with van der Waals surface area (Å²) in [7, 11) is 1.64. The number of hydrogen-bond donors (Lipinski definition) is 0. The van der Waals surface area contributed by atoms with Gasteiger partial charge < -0.3 is 14.5 Å². The number of amides is 2. The maximum atomic E-state index is 14.3. The predicted octanol–water partition coefficient (Wildman–Crippen LogP) is 4.27. The van der Waals surface area contributed by atoms with E-state index in [-0.39, 0.29) is 17.9 Å². The van der Waals surface area contributed by atoms with Gasteiger partial charge in [0.15, 0.2) is 0 Å². The minimum atomic E-state index is -0.461. The zero-order valence-corrected chi connectivity index (χ0v) is 21.7. The van der Waals surface area contributed by atoms with Crippen LogP contribution in [0, 0.1) is 6.92 Å². The number of ether oxygens (including phenoxy) is 1. The molecule has 3 aromatic rings. The van der Waals surface area contributed by atoms with E-state index in [1.54, 1.807) is 7.11 Å². The molecular formula is C31H35N3O3. The molecule has 0 radical (unpaired) electrons. The lowest BCUT2D eigenvalue weighted by atomic mass is 9.78. The molecule has 1 fully saturated rings. The van der Waals surface area contributed by atoms with Crippen molar-refractivity contribution in [2.75, 3.05) is 46.4 Å². The molecule has 6 heteroatoms. The van der Waals surface area contributed by atoms with E-state index in [4.69, 9.17) is 4.74 Å². The topological polar surface area (TPSA) is 53.1 Å². The summed E-state index contributed by atoms with van der Waals surface area (Å²) in [5.41, 5.74) is 4.96. The Balaban J connectivity index is 1.41. The molecule has 37 heavy (non-hydrogen) atoms. The molecule has 0 N–H and O–H groups in total. The zero-order valence-electron chi connectivity index (χ0n) is 21.7. The van der Waals surface area contributed by atoms with Gasteiger partial charge >= 0.3 is 0 Å². The van der Waals surface area contributed by atoms with Gasteiger partial charge in [0.1, 0.15) is 0 Å². The molecule has 3 aromatic carbocycles. The first kappa shape index (κ1) is 25.2. The van der Waals surface area contributed by atoms with Crippen molar-refractivity contribution in [3.8, 4) is 0 Å². The van der Waals surface area contributed by atoms with E-state index in [0.29, 0.717) is 31.8 Å². The van der Waals surface area contributed by atoms with E-state index < -0.39 is 5.92 Å². The van der Waals surface area contributed by atoms with Crippen LogP contribution in [0.2, 0.25) is 0 Å². The highest BCUT2D eigenvalue weighted by atomic mass is 16.5. The van der Waals surface area contributed by atoms with Crippen molar-refractivity contribution in [2.45, 2.75) is 25.4 Å². The van der Waals surface area contributed by atoms with E-state index in [0.717, 1.165) is 30.8 Å². The molecule has 2 amide bonds. The predicted molar refractivity (Wildman–Crippen MR) is 144 cm³/mol. The van der Waals surface area contributed by atoms with Gasteiger partial charge in [-0.1, -0.05) is 78.4 Å². The summed E-state index contributed by atoms with van der Waals surface area (Å²) in [5.74, 6) is -0.420. The van der Waals surface area contributed by atoms with Gasteiger partial charge in [-0.2, -0.15) is 0 Å². The average molecular weight is 498 g/mol. The number of nitrogens with zero attached hydrogens (tertiary/aromatic N) is 3. The maximum absolute atomic E-state index is 14.3. The van der Waals surface area contributed by atoms with E-state index in [2.05, 4.69) is 36.1 Å². The zero-order chi connectivity index (χ0) is 25.8. The molecule has 0 aromatic heterocycles. The Kier molecular flexibility index (Phi) is 7.68. The van der Waals surface area contributed by atoms with Gasteiger partial charge in [0, 0.05) is 51.9 Å². The van der Waals surface area contributed by atoms with Crippen molar-refractivity contribution in [3.05, 3.63) is 107 Å². The highest BCUT2D eigenvalue weighted by Gasteiger charge is 2.45. The van der Waals surface area contributed by atoms with E-state index in [1.807, 2.05) is 64.4 Å². The Morgan fingerprint density at radius 2 is 1.57 bits per heavy atom. The van der Waals surface area contributed by atoms with Crippen LogP contribution < -0.4 is 0 Å². The fourth-order valence-electron chi connectivity index (χ4n) is 5.59. The second kappa shape index (κ2) is 11.3. The number of carbonyl (C=O) groups excluding carboxylic acids is 2. The molecule has 1 saturated heterocycles. The average Bonchev–Trinajstić information content (AvgIpc) is 2.94. The third-order valence-corrected chi connectivity index (χ3v) is 7.59. The van der Waals surface area contributed by atoms with Crippen molar-refractivity contribution < 1.29 is 14.3 Å². The number of rotatable bonds is 7. The summed E-state index contributed by atoms with van der Waals surface area (Å²) in [6.45, 7) is 6.85. The van der Waals surface area contributed by atoms with Crippen LogP contribution in [0.15, 0.2) is 78.9 Å². The van der Waals surface area contributed by atoms with Gasteiger partial charge in [-0.05, 0) is 29.7 Å². The summed E-state index contributed by atoms with van der Waals surface area (Å²) < 4.78 is 5.35. The number of methoxy groups -OCH3 is 1. The molecule has 5 rings (SSSR count). The lowest BCUT2D eigenvalue weighted by Crippen LogP contribution is -2.53. The number of piperazine rings is 1. The van der Waals surface area contributed by atoms with Gasteiger partial charge in [0.05, 0.1) is 18.6 Å². The normalized spacial score (nSPS) is 20.1. The summed E-state index contributed by atoms with van der Waals surface area (Å²) in [4.78, 5) is 34.1. The van der Waals surface area contributed by atoms with Gasteiger partial charge in [-0.15, -0.1) is 0 Å². The van der Waals surface area contributed by atoms with Gasteiger partial charge in [-0.3, -0.25) is 14.5 Å². The Morgan fingerprint density at radius 3 is 2.27 bits per heavy atom. The van der Waals surface area contributed by atoms with Crippen LogP contribution in [0.5, 0.6) is 0 Å². The minimum Gasteiger partial charge on any atom is -0.383 e. The van der Waals surface area contributed by atoms with E-state index in [9.17, 15) is 9.59 Å². The Hall–Kier alpha value is -3.48. The van der Waals surface area contributed by atoms with Crippen LogP contribution >= 0.6 is 0 Å². The Bertz CT molecular complexity index is 1220. The van der Waals surface area contributed by atoms with Crippen LogP contribution in [0.4, 0.5) is 0 Å². The van der Waals surface area contributed by atoms with Crippen LogP contribution in [0.25, 0.3) is 0 Å². The number of fused-ring (bicyclic) bond motifs is 1. The van der Waals surface area contributed by atoms with Crippen LogP contribution in [0.3, 0.4) is 0 Å². The second-order valence-electron chi connectivity index (χ2n) is 10.00. The number of hydrogen-bond acceptors (Lipinski definition) is 4. The van der Waals surface area contributed by atoms with Crippen molar-refractivity contribution in [1.82, 2.24) is 14.7 Å². The molecule has 2 aliphatic rings. The fourth-order valence-corrected chi connectivity index (χ4v) is 5.59. The van der Waals surface area contributed by atoms with Crippen molar-refractivity contribution in [3.63, 3.8) is 0 Å². The molecule has 0 aliphatic carbocycles. The van der Waals surface area contributed by atoms with Crippen LogP contribution in [-0.2, 0) is 16.1 Å². The van der Waals surface area contributed by atoms with E-state index >= 15 is 0 Å². The number of benzene rings is 3. The first-order valence-electron chi connectivity index (χ1n) is 13.1. The van der Waals surface area contributed by atoms with Crippen molar-refractivity contribution in [1.29, 1.82) is 0 Å².